The number of ether oxygens (including phenoxy) is 5. The van der Waals surface area contributed by atoms with E-state index in [0.717, 1.165) is 50.5 Å². The fourth-order valence-electron chi connectivity index (χ4n) is 10.4. The van der Waals surface area contributed by atoms with Crippen LogP contribution >= 0.6 is 0 Å². The van der Waals surface area contributed by atoms with Crippen molar-refractivity contribution in [2.45, 2.75) is 128 Å². The maximum Gasteiger partial charge on any atom is 0.331 e. The number of fused-ring (bicyclic) bond motifs is 5. The van der Waals surface area contributed by atoms with E-state index in [-0.39, 0.29) is 41.9 Å². The SMILES string of the molecule is CO[C@@H]1[C@@H](O)[C@H](O[C@H]2CC[C@@]3(C)[C@H](CC[C@@H]4[C@@H]3CC[C@]3(C)[C@@H](C5=CC(=O)OC5)[C@H](OC(C)=O)C[C@]43O)C2)O[C@H](C)[C@H]1O. The molecule has 2 aliphatic heterocycles. The summed E-state index contributed by atoms with van der Waals surface area (Å²) in [5, 5.41) is 33.8. The average molecular weight is 593 g/mol. The summed E-state index contributed by atoms with van der Waals surface area (Å²) in [7, 11) is 1.47. The van der Waals surface area contributed by atoms with Gasteiger partial charge in [0, 0.05) is 37.9 Å². The Kier molecular flexibility index (Phi) is 7.84. The summed E-state index contributed by atoms with van der Waals surface area (Å²) in [4.78, 5) is 24.2. The van der Waals surface area contributed by atoms with Crippen molar-refractivity contribution in [3.63, 3.8) is 0 Å². The number of carbonyl (C=O) groups is 2. The highest BCUT2D eigenvalue weighted by Gasteiger charge is 2.71. The van der Waals surface area contributed by atoms with Gasteiger partial charge < -0.3 is 39.0 Å². The third kappa shape index (κ3) is 4.58. The van der Waals surface area contributed by atoms with Crippen LogP contribution < -0.4 is 0 Å². The molecule has 4 aliphatic carbocycles. The lowest BCUT2D eigenvalue weighted by atomic mass is 9.43. The summed E-state index contributed by atoms with van der Waals surface area (Å²) in [6.07, 6.45) is 3.36. The average Bonchev–Trinajstić information content (AvgIpc) is 3.44. The standard InChI is InChI=1S/C32H48O10/c1-16-26(35)28(38-5)27(36)29(40-16)42-20-8-10-30(3)19(13-20)6-7-22-21(30)9-11-31(4)25(18-12-24(34)39-15-18)23(41-17(2)33)14-32(22,31)37/h12,16,19-23,25-29,35-37H,6-11,13-15H2,1-5H3/t16-,19-,20+,21+,22-,23-,25+,26-,27-,28+,29+,30+,31-,32+/m1/s1. The Balaban J connectivity index is 1.20. The summed E-state index contributed by atoms with van der Waals surface area (Å²) in [5.74, 6) is -0.234. The molecule has 42 heavy (non-hydrogen) atoms. The van der Waals surface area contributed by atoms with E-state index in [1.807, 2.05) is 0 Å². The first-order chi connectivity index (χ1) is 19.8. The van der Waals surface area contributed by atoms with Crippen LogP contribution in [0.3, 0.4) is 0 Å². The molecule has 1 saturated heterocycles. The van der Waals surface area contributed by atoms with E-state index in [1.54, 1.807) is 6.92 Å². The van der Waals surface area contributed by atoms with Crippen molar-refractivity contribution >= 4 is 11.9 Å². The lowest BCUT2D eigenvalue weighted by molar-refractivity contribution is -0.313. The highest BCUT2D eigenvalue weighted by molar-refractivity contribution is 5.85. The molecule has 10 nitrogen and oxygen atoms in total. The number of cyclic esters (lactones) is 1. The zero-order valence-corrected chi connectivity index (χ0v) is 25.5. The van der Waals surface area contributed by atoms with E-state index in [1.165, 1.54) is 20.1 Å². The highest BCUT2D eigenvalue weighted by Crippen LogP contribution is 2.70. The minimum atomic E-state index is -1.08. The second-order valence-electron chi connectivity index (χ2n) is 14.5. The molecule has 0 radical (unpaired) electrons. The van der Waals surface area contributed by atoms with E-state index in [9.17, 15) is 24.9 Å². The Hall–Kier alpha value is -1.56. The van der Waals surface area contributed by atoms with E-state index in [0.29, 0.717) is 18.3 Å². The topological polar surface area (TPSA) is 141 Å². The molecule has 0 aromatic rings. The number of hydrogen-bond acceptors (Lipinski definition) is 10. The largest absolute Gasteiger partial charge is 0.462 e. The maximum absolute atomic E-state index is 12.7. The van der Waals surface area contributed by atoms with Gasteiger partial charge in [-0.25, -0.2) is 4.79 Å². The Bertz CT molecular complexity index is 1110. The Morgan fingerprint density at radius 3 is 2.50 bits per heavy atom. The molecular formula is C32H48O10. The number of aliphatic hydroxyl groups excluding tert-OH is 2. The van der Waals surface area contributed by atoms with Gasteiger partial charge in [-0.15, -0.1) is 0 Å². The maximum atomic E-state index is 12.7. The Morgan fingerprint density at radius 1 is 1.07 bits per heavy atom. The Morgan fingerprint density at radius 2 is 1.83 bits per heavy atom. The van der Waals surface area contributed by atoms with Crippen LogP contribution in [0.15, 0.2) is 11.6 Å². The van der Waals surface area contributed by atoms with Gasteiger partial charge in [0.2, 0.25) is 0 Å². The molecule has 14 atom stereocenters. The quantitative estimate of drug-likeness (QED) is 0.322. The first-order valence-corrected chi connectivity index (χ1v) is 15.8. The monoisotopic (exact) mass is 592 g/mol. The van der Waals surface area contributed by atoms with Crippen molar-refractivity contribution in [2.75, 3.05) is 13.7 Å². The summed E-state index contributed by atoms with van der Waals surface area (Å²) in [6, 6.07) is 0. The van der Waals surface area contributed by atoms with E-state index in [2.05, 4.69) is 13.8 Å². The molecule has 6 aliphatic rings. The van der Waals surface area contributed by atoms with Gasteiger partial charge in [0.15, 0.2) is 6.29 Å². The number of hydrogen-bond donors (Lipinski definition) is 3. The number of rotatable bonds is 5. The molecule has 0 spiro atoms. The minimum Gasteiger partial charge on any atom is -0.462 e. The van der Waals surface area contributed by atoms with Gasteiger partial charge in [0.25, 0.3) is 0 Å². The van der Waals surface area contributed by atoms with Crippen LogP contribution in [0.1, 0.15) is 79.1 Å². The van der Waals surface area contributed by atoms with Gasteiger partial charge in [-0.3, -0.25) is 4.79 Å². The third-order valence-electron chi connectivity index (χ3n) is 12.6. The van der Waals surface area contributed by atoms with E-state index < -0.39 is 47.8 Å². The van der Waals surface area contributed by atoms with Crippen LogP contribution in [0.5, 0.6) is 0 Å². The molecule has 4 saturated carbocycles. The number of esters is 2. The Labute approximate surface area is 248 Å². The molecule has 0 aromatic carbocycles. The summed E-state index contributed by atoms with van der Waals surface area (Å²) in [6.45, 7) is 7.85. The molecule has 6 rings (SSSR count). The predicted molar refractivity (Wildman–Crippen MR) is 149 cm³/mol. The van der Waals surface area contributed by atoms with Gasteiger partial charge in [-0.1, -0.05) is 13.8 Å². The smallest absolute Gasteiger partial charge is 0.331 e. The fraction of sp³-hybridized carbons (Fsp3) is 0.875. The van der Waals surface area contributed by atoms with E-state index in [4.69, 9.17) is 23.7 Å². The summed E-state index contributed by atoms with van der Waals surface area (Å²) >= 11 is 0. The van der Waals surface area contributed by atoms with Crippen LogP contribution in [0, 0.1) is 34.5 Å². The first kappa shape index (κ1) is 30.5. The normalized spacial score (nSPS) is 52.0. The summed E-state index contributed by atoms with van der Waals surface area (Å²) in [5.41, 5.74) is -0.720. The highest BCUT2D eigenvalue weighted by atomic mass is 16.7. The minimum absolute atomic E-state index is 0.0190. The molecule has 0 amide bonds. The molecule has 2 heterocycles. The van der Waals surface area contributed by atoms with Crippen LogP contribution in [-0.4, -0.2) is 89.5 Å². The van der Waals surface area contributed by atoms with Gasteiger partial charge in [-0.05, 0) is 80.6 Å². The van der Waals surface area contributed by atoms with Crippen LogP contribution in [0.2, 0.25) is 0 Å². The second-order valence-corrected chi connectivity index (χ2v) is 14.5. The molecule has 0 unspecified atom stereocenters. The van der Waals surface area contributed by atoms with Crippen molar-refractivity contribution in [2.24, 2.45) is 34.5 Å². The van der Waals surface area contributed by atoms with Gasteiger partial charge in [-0.2, -0.15) is 0 Å². The lowest BCUT2D eigenvalue weighted by Gasteiger charge is -2.63. The number of aliphatic hydroxyl groups is 3. The zero-order chi connectivity index (χ0) is 30.2. The van der Waals surface area contributed by atoms with Crippen LogP contribution in [0.4, 0.5) is 0 Å². The zero-order valence-electron chi connectivity index (χ0n) is 25.5. The number of carbonyl (C=O) groups excluding carboxylic acids is 2. The van der Waals surface area contributed by atoms with Gasteiger partial charge >= 0.3 is 11.9 Å². The molecule has 236 valence electrons. The molecule has 10 heteroatoms. The van der Waals surface area contributed by atoms with Crippen molar-refractivity contribution in [1.82, 2.24) is 0 Å². The van der Waals surface area contributed by atoms with E-state index >= 15 is 0 Å². The molecular weight excluding hydrogens is 544 g/mol. The lowest BCUT2D eigenvalue weighted by Crippen LogP contribution is -2.62. The van der Waals surface area contributed by atoms with Crippen molar-refractivity contribution in [3.05, 3.63) is 11.6 Å². The second kappa shape index (κ2) is 10.8. The van der Waals surface area contributed by atoms with Crippen molar-refractivity contribution in [1.29, 1.82) is 0 Å². The fourth-order valence-corrected chi connectivity index (χ4v) is 10.4. The predicted octanol–water partition coefficient (Wildman–Crippen LogP) is 2.65. The molecule has 0 bridgehead atoms. The number of methoxy groups -OCH3 is 1. The third-order valence-corrected chi connectivity index (χ3v) is 12.6. The van der Waals surface area contributed by atoms with Crippen LogP contribution in [-0.2, 0) is 33.3 Å². The first-order valence-electron chi connectivity index (χ1n) is 15.8. The molecule has 5 fully saturated rings. The van der Waals surface area contributed by atoms with Gasteiger partial charge in [0.1, 0.15) is 31.0 Å². The van der Waals surface area contributed by atoms with Gasteiger partial charge in [0.05, 0.1) is 17.8 Å². The van der Waals surface area contributed by atoms with Crippen molar-refractivity contribution in [3.8, 4) is 0 Å². The molecule has 0 aromatic heterocycles. The van der Waals surface area contributed by atoms with Crippen LogP contribution in [0.25, 0.3) is 0 Å². The summed E-state index contributed by atoms with van der Waals surface area (Å²) < 4.78 is 28.7. The van der Waals surface area contributed by atoms with Crippen molar-refractivity contribution < 1.29 is 48.6 Å². The molecule has 3 N–H and O–H groups in total.